The molecule has 0 amide bonds. The van der Waals surface area contributed by atoms with Crippen molar-refractivity contribution in [3.05, 3.63) is 35.9 Å². The lowest BCUT2D eigenvalue weighted by Crippen LogP contribution is -2.41. The molecule has 1 aliphatic rings. The van der Waals surface area contributed by atoms with Gasteiger partial charge in [-0.3, -0.25) is 0 Å². The van der Waals surface area contributed by atoms with Crippen LogP contribution >= 0.6 is 0 Å². The summed E-state index contributed by atoms with van der Waals surface area (Å²) >= 11 is 0. The molecule has 106 valence electrons. The van der Waals surface area contributed by atoms with Crippen molar-refractivity contribution in [3.8, 4) is 0 Å². The van der Waals surface area contributed by atoms with Crippen LogP contribution in [-0.2, 0) is 6.42 Å². The topological polar surface area (TPSA) is 12.0 Å². The van der Waals surface area contributed by atoms with Crippen molar-refractivity contribution in [3.63, 3.8) is 0 Å². The molecule has 1 saturated carbocycles. The van der Waals surface area contributed by atoms with Crippen molar-refractivity contribution in [2.75, 3.05) is 0 Å². The first-order valence-electron chi connectivity index (χ1n) is 8.11. The Bertz CT molecular complexity index is 346. The molecule has 0 heterocycles. The zero-order valence-corrected chi connectivity index (χ0v) is 12.6. The van der Waals surface area contributed by atoms with Crippen molar-refractivity contribution in [1.29, 1.82) is 0 Å². The lowest BCUT2D eigenvalue weighted by molar-refractivity contribution is 0.258. The molecule has 1 fully saturated rings. The van der Waals surface area contributed by atoms with Gasteiger partial charge in [0.25, 0.3) is 0 Å². The number of hydrogen-bond acceptors (Lipinski definition) is 1. The molecule has 3 unspecified atom stereocenters. The normalized spacial score (nSPS) is 25.2. The largest absolute Gasteiger partial charge is 0.311 e. The van der Waals surface area contributed by atoms with Crippen LogP contribution in [0.1, 0.15) is 57.9 Å². The van der Waals surface area contributed by atoms with Crippen molar-refractivity contribution < 1.29 is 0 Å². The van der Waals surface area contributed by atoms with Crippen LogP contribution in [0.3, 0.4) is 0 Å². The van der Waals surface area contributed by atoms with E-state index in [0.717, 1.165) is 12.0 Å². The van der Waals surface area contributed by atoms with E-state index in [4.69, 9.17) is 0 Å². The molecule has 0 spiro atoms. The third kappa shape index (κ3) is 4.65. The SMILES string of the molecule is CCC1CCCC(NC(CC)Cc2ccccc2)C1. The van der Waals surface area contributed by atoms with Gasteiger partial charge in [-0.2, -0.15) is 0 Å². The number of nitrogens with one attached hydrogen (secondary N) is 1. The van der Waals surface area contributed by atoms with Crippen molar-refractivity contribution >= 4 is 0 Å². The Morgan fingerprint density at radius 3 is 2.63 bits per heavy atom. The van der Waals surface area contributed by atoms with Crippen molar-refractivity contribution in [2.24, 2.45) is 5.92 Å². The summed E-state index contributed by atoms with van der Waals surface area (Å²) < 4.78 is 0. The van der Waals surface area contributed by atoms with Crippen LogP contribution in [0.2, 0.25) is 0 Å². The minimum Gasteiger partial charge on any atom is -0.311 e. The van der Waals surface area contributed by atoms with E-state index in [-0.39, 0.29) is 0 Å². The number of rotatable bonds is 6. The van der Waals surface area contributed by atoms with Crippen molar-refractivity contribution in [1.82, 2.24) is 5.32 Å². The smallest absolute Gasteiger partial charge is 0.0107 e. The second-order valence-corrected chi connectivity index (χ2v) is 6.10. The lowest BCUT2D eigenvalue weighted by atomic mass is 9.83. The number of benzene rings is 1. The number of hydrogen-bond donors (Lipinski definition) is 1. The Morgan fingerprint density at radius 1 is 1.16 bits per heavy atom. The van der Waals surface area contributed by atoms with Gasteiger partial charge in [-0.1, -0.05) is 63.4 Å². The summed E-state index contributed by atoms with van der Waals surface area (Å²) in [7, 11) is 0. The molecule has 0 saturated heterocycles. The van der Waals surface area contributed by atoms with E-state index >= 15 is 0 Å². The third-order valence-electron chi connectivity index (χ3n) is 4.65. The van der Waals surface area contributed by atoms with Crippen molar-refractivity contribution in [2.45, 2.75) is 70.9 Å². The van der Waals surface area contributed by atoms with E-state index in [1.165, 1.54) is 50.5 Å². The molecule has 1 aliphatic carbocycles. The minimum atomic E-state index is 0.642. The second-order valence-electron chi connectivity index (χ2n) is 6.10. The molecule has 1 aromatic rings. The molecular formula is C18H29N. The average Bonchev–Trinajstić information content (AvgIpc) is 2.48. The molecule has 2 rings (SSSR count). The Balaban J connectivity index is 1.85. The van der Waals surface area contributed by atoms with Gasteiger partial charge < -0.3 is 5.32 Å². The van der Waals surface area contributed by atoms with Crippen LogP contribution in [0.15, 0.2) is 30.3 Å². The molecule has 1 heteroatoms. The summed E-state index contributed by atoms with van der Waals surface area (Å²) in [6.07, 6.45) is 9.38. The van der Waals surface area contributed by atoms with Crippen LogP contribution in [0.5, 0.6) is 0 Å². The summed E-state index contributed by atoms with van der Waals surface area (Å²) in [6.45, 7) is 4.65. The van der Waals surface area contributed by atoms with Gasteiger partial charge in [0.05, 0.1) is 0 Å². The lowest BCUT2D eigenvalue weighted by Gasteiger charge is -2.32. The van der Waals surface area contributed by atoms with Crippen LogP contribution < -0.4 is 5.32 Å². The van der Waals surface area contributed by atoms with Crippen LogP contribution in [0.25, 0.3) is 0 Å². The molecule has 0 aliphatic heterocycles. The third-order valence-corrected chi connectivity index (χ3v) is 4.65. The standard InChI is InChI=1S/C18H29N/c1-3-15-11-8-12-18(13-15)19-17(4-2)14-16-9-6-5-7-10-16/h5-7,9-10,15,17-19H,3-4,8,11-14H2,1-2H3. The monoisotopic (exact) mass is 259 g/mol. The fraction of sp³-hybridized carbons (Fsp3) is 0.667. The minimum absolute atomic E-state index is 0.642. The highest BCUT2D eigenvalue weighted by Gasteiger charge is 2.22. The van der Waals surface area contributed by atoms with E-state index in [1.807, 2.05) is 0 Å². The van der Waals surface area contributed by atoms with E-state index < -0.39 is 0 Å². The molecule has 1 N–H and O–H groups in total. The summed E-state index contributed by atoms with van der Waals surface area (Å²) in [6, 6.07) is 12.3. The summed E-state index contributed by atoms with van der Waals surface area (Å²) in [5.74, 6) is 0.959. The molecule has 1 aromatic carbocycles. The molecular weight excluding hydrogens is 230 g/mol. The first kappa shape index (κ1) is 14.6. The van der Waals surface area contributed by atoms with Gasteiger partial charge in [0, 0.05) is 12.1 Å². The van der Waals surface area contributed by atoms with Gasteiger partial charge in [-0.05, 0) is 37.2 Å². The zero-order valence-electron chi connectivity index (χ0n) is 12.6. The Hall–Kier alpha value is -0.820. The molecule has 0 radical (unpaired) electrons. The first-order valence-corrected chi connectivity index (χ1v) is 8.11. The predicted molar refractivity (Wildman–Crippen MR) is 83.4 cm³/mol. The maximum atomic E-state index is 3.92. The van der Waals surface area contributed by atoms with Gasteiger partial charge in [0.1, 0.15) is 0 Å². The Labute approximate surface area is 118 Å². The van der Waals surface area contributed by atoms with Crippen LogP contribution in [-0.4, -0.2) is 12.1 Å². The maximum Gasteiger partial charge on any atom is 0.0107 e. The second kappa shape index (κ2) is 7.69. The van der Waals surface area contributed by atoms with Crippen LogP contribution in [0.4, 0.5) is 0 Å². The first-order chi connectivity index (χ1) is 9.31. The summed E-state index contributed by atoms with van der Waals surface area (Å²) in [4.78, 5) is 0. The fourth-order valence-corrected chi connectivity index (χ4v) is 3.37. The zero-order chi connectivity index (χ0) is 13.5. The summed E-state index contributed by atoms with van der Waals surface area (Å²) in [5, 5.41) is 3.92. The van der Waals surface area contributed by atoms with E-state index in [0.29, 0.717) is 6.04 Å². The highest BCUT2D eigenvalue weighted by atomic mass is 14.9. The van der Waals surface area contributed by atoms with Gasteiger partial charge in [0.2, 0.25) is 0 Å². The predicted octanol–water partition coefficient (Wildman–Crippen LogP) is 4.57. The molecule has 0 aromatic heterocycles. The average molecular weight is 259 g/mol. The van der Waals surface area contributed by atoms with Gasteiger partial charge in [-0.15, -0.1) is 0 Å². The Kier molecular flexibility index (Phi) is 5.91. The molecule has 19 heavy (non-hydrogen) atoms. The highest BCUT2D eigenvalue weighted by molar-refractivity contribution is 5.15. The van der Waals surface area contributed by atoms with Gasteiger partial charge >= 0.3 is 0 Å². The van der Waals surface area contributed by atoms with Gasteiger partial charge in [0.15, 0.2) is 0 Å². The van der Waals surface area contributed by atoms with E-state index in [1.54, 1.807) is 0 Å². The molecule has 3 atom stereocenters. The van der Waals surface area contributed by atoms with E-state index in [2.05, 4.69) is 49.5 Å². The Morgan fingerprint density at radius 2 is 1.95 bits per heavy atom. The summed E-state index contributed by atoms with van der Waals surface area (Å²) in [5.41, 5.74) is 1.46. The molecule has 1 nitrogen and oxygen atoms in total. The van der Waals surface area contributed by atoms with Crippen LogP contribution in [0, 0.1) is 5.92 Å². The highest BCUT2D eigenvalue weighted by Crippen LogP contribution is 2.27. The van der Waals surface area contributed by atoms with Gasteiger partial charge in [-0.25, -0.2) is 0 Å². The van der Waals surface area contributed by atoms with E-state index in [9.17, 15) is 0 Å². The fourth-order valence-electron chi connectivity index (χ4n) is 3.37. The molecule has 0 bridgehead atoms. The quantitative estimate of drug-likeness (QED) is 0.789. The maximum absolute atomic E-state index is 3.92.